The Labute approximate surface area is 141 Å². The van der Waals surface area contributed by atoms with E-state index in [0.717, 1.165) is 11.3 Å². The van der Waals surface area contributed by atoms with Gasteiger partial charge in [-0.25, -0.2) is 0 Å². The van der Waals surface area contributed by atoms with Crippen LogP contribution in [-0.4, -0.2) is 18.4 Å². The van der Waals surface area contributed by atoms with Gasteiger partial charge in [-0.2, -0.15) is 0 Å². The van der Waals surface area contributed by atoms with Gasteiger partial charge in [0.05, 0.1) is 6.61 Å². The van der Waals surface area contributed by atoms with Gasteiger partial charge in [-0.05, 0) is 56.2 Å². The summed E-state index contributed by atoms with van der Waals surface area (Å²) in [5, 5.41) is 2.78. The Kier molecular flexibility index (Phi) is 5.95. The number of primary amides is 1. The van der Waals surface area contributed by atoms with E-state index in [4.69, 9.17) is 10.5 Å². The van der Waals surface area contributed by atoms with E-state index in [2.05, 4.69) is 11.4 Å². The average Bonchev–Trinajstić information content (AvgIpc) is 2.53. The number of rotatable bonds is 7. The first kappa shape index (κ1) is 17.5. The monoisotopic (exact) mass is 326 g/mol. The lowest BCUT2D eigenvalue weighted by atomic mass is 10.1. The largest absolute Gasteiger partial charge is 0.493 e. The minimum absolute atomic E-state index is 0.0916. The molecule has 2 aromatic rings. The lowest BCUT2D eigenvalue weighted by Gasteiger charge is -2.10. The van der Waals surface area contributed by atoms with Crippen molar-refractivity contribution in [2.24, 2.45) is 5.73 Å². The number of amides is 2. The standard InChI is InChI=1S/C19H22N2O3/c1-13-5-10-17(14(2)12-13)24-11-3-4-18(22)21-16-8-6-15(7-9-16)19(20)23/h5-10,12H,3-4,11H2,1-2H3,(H2,20,23)(H,21,22). The summed E-state index contributed by atoms with van der Waals surface area (Å²) >= 11 is 0. The van der Waals surface area contributed by atoms with Crippen molar-refractivity contribution < 1.29 is 14.3 Å². The molecule has 0 atom stereocenters. The van der Waals surface area contributed by atoms with Gasteiger partial charge in [0.15, 0.2) is 0 Å². The van der Waals surface area contributed by atoms with Crippen LogP contribution in [0.3, 0.4) is 0 Å². The van der Waals surface area contributed by atoms with Gasteiger partial charge in [0, 0.05) is 17.7 Å². The molecule has 5 heteroatoms. The van der Waals surface area contributed by atoms with Gasteiger partial charge in [0.25, 0.3) is 0 Å². The maximum absolute atomic E-state index is 11.9. The second-order valence-corrected chi connectivity index (χ2v) is 5.71. The Hall–Kier alpha value is -2.82. The predicted molar refractivity (Wildman–Crippen MR) is 94.2 cm³/mol. The second kappa shape index (κ2) is 8.15. The van der Waals surface area contributed by atoms with Crippen molar-refractivity contribution >= 4 is 17.5 Å². The van der Waals surface area contributed by atoms with E-state index in [1.807, 2.05) is 26.0 Å². The Balaban J connectivity index is 1.74. The molecule has 3 N–H and O–H groups in total. The zero-order valence-corrected chi connectivity index (χ0v) is 14.0. The topological polar surface area (TPSA) is 81.4 Å². The third kappa shape index (κ3) is 5.12. The molecule has 0 aliphatic carbocycles. The third-order valence-corrected chi connectivity index (χ3v) is 3.59. The fourth-order valence-electron chi connectivity index (χ4n) is 2.32. The number of hydrogen-bond acceptors (Lipinski definition) is 3. The molecule has 0 aliphatic heterocycles. The highest BCUT2D eigenvalue weighted by molar-refractivity contribution is 5.94. The quantitative estimate of drug-likeness (QED) is 0.767. The molecule has 2 rings (SSSR count). The van der Waals surface area contributed by atoms with Gasteiger partial charge in [-0.3, -0.25) is 9.59 Å². The van der Waals surface area contributed by atoms with Gasteiger partial charge in [0.2, 0.25) is 11.8 Å². The SMILES string of the molecule is Cc1ccc(OCCCC(=O)Nc2ccc(C(N)=O)cc2)c(C)c1. The first-order chi connectivity index (χ1) is 11.5. The minimum Gasteiger partial charge on any atom is -0.493 e. The van der Waals surface area contributed by atoms with Gasteiger partial charge >= 0.3 is 0 Å². The minimum atomic E-state index is -0.489. The molecule has 0 aliphatic rings. The molecular weight excluding hydrogens is 304 g/mol. The molecule has 2 amide bonds. The van der Waals surface area contributed by atoms with E-state index < -0.39 is 5.91 Å². The zero-order chi connectivity index (χ0) is 17.5. The van der Waals surface area contributed by atoms with E-state index in [0.29, 0.717) is 30.7 Å². The summed E-state index contributed by atoms with van der Waals surface area (Å²) in [5.41, 5.74) is 8.51. The maximum Gasteiger partial charge on any atom is 0.248 e. The maximum atomic E-state index is 11.9. The van der Waals surface area contributed by atoms with E-state index in [1.54, 1.807) is 24.3 Å². The number of hydrogen-bond donors (Lipinski definition) is 2. The van der Waals surface area contributed by atoms with Crippen LogP contribution < -0.4 is 15.8 Å². The van der Waals surface area contributed by atoms with E-state index >= 15 is 0 Å². The molecule has 5 nitrogen and oxygen atoms in total. The van der Waals surface area contributed by atoms with Crippen molar-refractivity contribution in [3.8, 4) is 5.75 Å². The van der Waals surface area contributed by atoms with E-state index in [9.17, 15) is 9.59 Å². The number of aryl methyl sites for hydroxylation is 2. The molecule has 126 valence electrons. The summed E-state index contributed by atoms with van der Waals surface area (Å²) in [7, 11) is 0. The van der Waals surface area contributed by atoms with Gasteiger partial charge < -0.3 is 15.8 Å². The highest BCUT2D eigenvalue weighted by atomic mass is 16.5. The fourth-order valence-corrected chi connectivity index (χ4v) is 2.32. The first-order valence-electron chi connectivity index (χ1n) is 7.85. The summed E-state index contributed by atoms with van der Waals surface area (Å²) in [5.74, 6) is 0.269. The van der Waals surface area contributed by atoms with Crippen molar-refractivity contribution in [2.75, 3.05) is 11.9 Å². The summed E-state index contributed by atoms with van der Waals surface area (Å²) in [6.07, 6.45) is 0.987. The first-order valence-corrected chi connectivity index (χ1v) is 7.85. The summed E-state index contributed by atoms with van der Waals surface area (Å²) in [6.45, 7) is 4.53. The van der Waals surface area contributed by atoms with Crippen LogP contribution in [0.2, 0.25) is 0 Å². The third-order valence-electron chi connectivity index (χ3n) is 3.59. The molecular formula is C19H22N2O3. The van der Waals surface area contributed by atoms with Crippen LogP contribution in [0.5, 0.6) is 5.75 Å². The van der Waals surface area contributed by atoms with Crippen LogP contribution in [0.1, 0.15) is 34.3 Å². The molecule has 0 saturated heterocycles. The van der Waals surface area contributed by atoms with Crippen LogP contribution in [-0.2, 0) is 4.79 Å². The molecule has 0 radical (unpaired) electrons. The Morgan fingerprint density at radius 3 is 2.42 bits per heavy atom. The van der Waals surface area contributed by atoms with Crippen molar-refractivity contribution in [2.45, 2.75) is 26.7 Å². The van der Waals surface area contributed by atoms with Crippen LogP contribution in [0.25, 0.3) is 0 Å². The molecule has 0 bridgehead atoms. The fraction of sp³-hybridized carbons (Fsp3) is 0.263. The highest BCUT2D eigenvalue weighted by Crippen LogP contribution is 2.19. The highest BCUT2D eigenvalue weighted by Gasteiger charge is 2.05. The lowest BCUT2D eigenvalue weighted by Crippen LogP contribution is -2.14. The number of benzene rings is 2. The number of nitrogens with two attached hydrogens (primary N) is 1. The van der Waals surface area contributed by atoms with Crippen molar-refractivity contribution in [1.29, 1.82) is 0 Å². The van der Waals surface area contributed by atoms with Gasteiger partial charge in [0.1, 0.15) is 5.75 Å². The van der Waals surface area contributed by atoms with Crippen molar-refractivity contribution in [1.82, 2.24) is 0 Å². The van der Waals surface area contributed by atoms with Gasteiger partial charge in [-0.1, -0.05) is 17.7 Å². The van der Waals surface area contributed by atoms with Crippen molar-refractivity contribution in [3.63, 3.8) is 0 Å². The normalized spacial score (nSPS) is 10.2. The van der Waals surface area contributed by atoms with Crippen molar-refractivity contribution in [3.05, 3.63) is 59.2 Å². The summed E-state index contributed by atoms with van der Waals surface area (Å²) < 4.78 is 5.70. The molecule has 24 heavy (non-hydrogen) atoms. The van der Waals surface area contributed by atoms with E-state index in [1.165, 1.54) is 5.56 Å². The molecule has 2 aromatic carbocycles. The smallest absolute Gasteiger partial charge is 0.248 e. The lowest BCUT2D eigenvalue weighted by molar-refractivity contribution is -0.116. The summed E-state index contributed by atoms with van der Waals surface area (Å²) in [6, 6.07) is 12.5. The van der Waals surface area contributed by atoms with Crippen LogP contribution >= 0.6 is 0 Å². The molecule has 0 aromatic heterocycles. The molecule has 0 spiro atoms. The average molecular weight is 326 g/mol. The molecule has 0 heterocycles. The van der Waals surface area contributed by atoms with Gasteiger partial charge in [-0.15, -0.1) is 0 Å². The molecule has 0 saturated carbocycles. The Bertz CT molecular complexity index is 724. The van der Waals surface area contributed by atoms with Crippen LogP contribution in [0.4, 0.5) is 5.69 Å². The zero-order valence-electron chi connectivity index (χ0n) is 14.0. The van der Waals surface area contributed by atoms with E-state index in [-0.39, 0.29) is 5.91 Å². The number of ether oxygens (including phenoxy) is 1. The number of carbonyl (C=O) groups excluding carboxylic acids is 2. The molecule has 0 fully saturated rings. The van der Waals surface area contributed by atoms with Crippen LogP contribution in [0.15, 0.2) is 42.5 Å². The number of anilines is 1. The predicted octanol–water partition coefficient (Wildman–Crippen LogP) is 3.20. The Morgan fingerprint density at radius 1 is 1.08 bits per heavy atom. The summed E-state index contributed by atoms with van der Waals surface area (Å²) in [4.78, 5) is 22.9. The molecule has 0 unspecified atom stereocenters. The van der Waals surface area contributed by atoms with Crippen LogP contribution in [0, 0.1) is 13.8 Å². The number of nitrogens with one attached hydrogen (secondary N) is 1. The Morgan fingerprint density at radius 2 is 1.79 bits per heavy atom. The second-order valence-electron chi connectivity index (χ2n) is 5.71. The number of carbonyl (C=O) groups is 2.